The second-order valence-corrected chi connectivity index (χ2v) is 16.9. The van der Waals surface area contributed by atoms with Gasteiger partial charge in [-0.3, -0.25) is 9.59 Å². The molecule has 0 aromatic rings. The van der Waals surface area contributed by atoms with Gasteiger partial charge in [0, 0.05) is 19.3 Å². The molecule has 0 aliphatic heterocycles. The van der Waals surface area contributed by atoms with Crippen LogP contribution in [-0.4, -0.2) is 75.5 Å². The number of hydrogen-bond donors (Lipinski definition) is 0. The molecule has 0 aromatic carbocycles. The Kier molecular flexibility index (Phi) is 39.6. The van der Waals surface area contributed by atoms with Crippen LogP contribution in [0.1, 0.15) is 194 Å². The smallest absolute Gasteiger partial charge is 0.306 e. The molecule has 0 N–H and O–H groups in total. The number of allylic oxidation sites excluding steroid dienone is 10. The third kappa shape index (κ3) is 40.2. The molecule has 0 aliphatic rings. The van der Waals surface area contributed by atoms with Gasteiger partial charge in [0.25, 0.3) is 0 Å². The number of ether oxygens (including phenoxy) is 3. The van der Waals surface area contributed by atoms with Crippen molar-refractivity contribution in [3.8, 4) is 0 Å². The first kappa shape index (κ1) is 56.0. The van der Waals surface area contributed by atoms with Gasteiger partial charge in [0.2, 0.25) is 0 Å². The molecule has 0 radical (unpaired) electrons. The topological polar surface area (TPSA) is 102 Å². The number of carboxylic acids is 1. The van der Waals surface area contributed by atoms with Gasteiger partial charge in [-0.05, 0) is 70.6 Å². The third-order valence-corrected chi connectivity index (χ3v) is 10.4. The molecule has 0 saturated heterocycles. The zero-order valence-electron chi connectivity index (χ0n) is 38.7. The number of aliphatic carboxylic acids is 1. The van der Waals surface area contributed by atoms with Crippen LogP contribution in [-0.2, 0) is 28.6 Å². The maximum atomic E-state index is 12.8. The molecule has 340 valence electrons. The van der Waals surface area contributed by atoms with Gasteiger partial charge in [0.15, 0.2) is 6.10 Å². The Morgan fingerprint density at radius 1 is 0.508 bits per heavy atom. The third-order valence-electron chi connectivity index (χ3n) is 10.4. The summed E-state index contributed by atoms with van der Waals surface area (Å²) in [5.41, 5.74) is 0. The van der Waals surface area contributed by atoms with Gasteiger partial charge in [-0.1, -0.05) is 164 Å². The van der Waals surface area contributed by atoms with Crippen LogP contribution in [0.2, 0.25) is 0 Å². The fraction of sp³-hybridized carbons (Fsp3) is 0.745. The first-order valence-corrected chi connectivity index (χ1v) is 23.8. The van der Waals surface area contributed by atoms with E-state index in [1.54, 1.807) is 21.1 Å². The van der Waals surface area contributed by atoms with E-state index in [-0.39, 0.29) is 42.7 Å². The molecule has 8 heteroatoms. The quantitative estimate of drug-likeness (QED) is 0.0261. The number of carbonyl (C=O) groups is 3. The van der Waals surface area contributed by atoms with Crippen LogP contribution in [0.3, 0.4) is 0 Å². The van der Waals surface area contributed by atoms with Crippen LogP contribution < -0.4 is 5.11 Å². The van der Waals surface area contributed by atoms with Crippen molar-refractivity contribution in [3.63, 3.8) is 0 Å². The number of rotatable bonds is 42. The lowest BCUT2D eigenvalue weighted by atomic mass is 10.0. The highest BCUT2D eigenvalue weighted by Gasteiger charge is 2.25. The zero-order chi connectivity index (χ0) is 43.5. The molecule has 2 atom stereocenters. The molecule has 0 spiro atoms. The van der Waals surface area contributed by atoms with Crippen molar-refractivity contribution in [1.82, 2.24) is 0 Å². The zero-order valence-corrected chi connectivity index (χ0v) is 38.7. The average molecular weight is 828 g/mol. The molecule has 0 amide bonds. The highest BCUT2D eigenvalue weighted by molar-refractivity contribution is 5.70. The van der Waals surface area contributed by atoms with E-state index in [2.05, 4.69) is 74.6 Å². The standard InChI is InChI=1S/C51H89NO7/c1-6-8-10-12-14-16-18-20-21-22-23-24-25-26-27-28-29-30-32-34-36-38-40-42-50(54)59-47(45-57-44-43-48(51(55)56)52(3,4)5)46-58-49(53)41-39-37-35-33-31-19-17-15-13-11-9-7-2/h8-11,14-17,20-21,47-48H,6-7,12-13,18-19,22-46H2,1-5H3/b10-8+,11-9+,16-14+,17-15+,21-20+. The number of carboxylic acid groups (broad SMARTS) is 1. The number of likely N-dealkylation sites (N-methyl/N-ethyl adjacent to an activating group) is 1. The second kappa shape index (κ2) is 41.8. The largest absolute Gasteiger partial charge is 0.544 e. The van der Waals surface area contributed by atoms with E-state index in [4.69, 9.17) is 14.2 Å². The molecule has 0 bridgehead atoms. The van der Waals surface area contributed by atoms with Crippen molar-refractivity contribution in [2.75, 3.05) is 41.0 Å². The van der Waals surface area contributed by atoms with Gasteiger partial charge in [-0.15, -0.1) is 0 Å². The van der Waals surface area contributed by atoms with E-state index in [1.807, 2.05) is 0 Å². The summed E-state index contributed by atoms with van der Waals surface area (Å²) in [6.45, 7) is 4.43. The van der Waals surface area contributed by atoms with E-state index in [1.165, 1.54) is 70.6 Å². The minimum atomic E-state index is -1.13. The number of esters is 2. The maximum Gasteiger partial charge on any atom is 0.306 e. The molecule has 0 aliphatic carbocycles. The highest BCUT2D eigenvalue weighted by Crippen LogP contribution is 2.15. The summed E-state index contributed by atoms with van der Waals surface area (Å²) in [5, 5.41) is 11.6. The van der Waals surface area contributed by atoms with Gasteiger partial charge in [-0.25, -0.2) is 0 Å². The molecule has 0 aromatic heterocycles. The molecule has 2 unspecified atom stereocenters. The Bertz CT molecular complexity index is 1150. The second-order valence-electron chi connectivity index (χ2n) is 16.9. The Hall–Kier alpha value is -2.97. The molecular weight excluding hydrogens is 739 g/mol. The minimum absolute atomic E-state index is 0.0347. The summed E-state index contributed by atoms with van der Waals surface area (Å²) in [7, 11) is 5.40. The van der Waals surface area contributed by atoms with Crippen molar-refractivity contribution >= 4 is 17.9 Å². The highest BCUT2D eigenvalue weighted by atomic mass is 16.6. The van der Waals surface area contributed by atoms with Gasteiger partial charge in [-0.2, -0.15) is 0 Å². The predicted octanol–water partition coefficient (Wildman–Crippen LogP) is 12.0. The Morgan fingerprint density at radius 3 is 1.32 bits per heavy atom. The van der Waals surface area contributed by atoms with Gasteiger partial charge >= 0.3 is 11.9 Å². The molecule has 0 saturated carbocycles. The first-order chi connectivity index (χ1) is 28.6. The van der Waals surface area contributed by atoms with E-state index in [0.29, 0.717) is 12.8 Å². The fourth-order valence-corrected chi connectivity index (χ4v) is 6.77. The fourth-order valence-electron chi connectivity index (χ4n) is 6.77. The monoisotopic (exact) mass is 828 g/mol. The van der Waals surface area contributed by atoms with Crippen LogP contribution in [0.25, 0.3) is 0 Å². The van der Waals surface area contributed by atoms with Gasteiger partial charge < -0.3 is 28.6 Å². The molecule has 0 rings (SSSR count). The van der Waals surface area contributed by atoms with Crippen LogP contribution in [0.4, 0.5) is 0 Å². The normalized spacial score (nSPS) is 13.4. The van der Waals surface area contributed by atoms with Crippen LogP contribution >= 0.6 is 0 Å². The van der Waals surface area contributed by atoms with Gasteiger partial charge in [0.05, 0.1) is 40.3 Å². The predicted molar refractivity (Wildman–Crippen MR) is 245 cm³/mol. The average Bonchev–Trinajstić information content (AvgIpc) is 3.19. The molecular formula is C51H89NO7. The molecule has 0 fully saturated rings. The minimum Gasteiger partial charge on any atom is -0.544 e. The number of carbonyl (C=O) groups excluding carboxylic acids is 3. The van der Waals surface area contributed by atoms with Crippen LogP contribution in [0.15, 0.2) is 60.8 Å². The Labute approximate surface area is 362 Å². The summed E-state index contributed by atoms with van der Waals surface area (Å²) >= 11 is 0. The molecule has 0 heterocycles. The van der Waals surface area contributed by atoms with E-state index >= 15 is 0 Å². The van der Waals surface area contributed by atoms with Crippen molar-refractivity contribution in [2.24, 2.45) is 0 Å². The summed E-state index contributed by atoms with van der Waals surface area (Å²) in [6.07, 6.45) is 51.1. The van der Waals surface area contributed by atoms with E-state index in [9.17, 15) is 19.5 Å². The van der Waals surface area contributed by atoms with E-state index < -0.39 is 18.1 Å². The van der Waals surface area contributed by atoms with Crippen molar-refractivity contribution in [2.45, 2.75) is 206 Å². The molecule has 8 nitrogen and oxygen atoms in total. The van der Waals surface area contributed by atoms with Crippen LogP contribution in [0.5, 0.6) is 0 Å². The van der Waals surface area contributed by atoms with Gasteiger partial charge in [0.1, 0.15) is 12.6 Å². The first-order valence-electron chi connectivity index (χ1n) is 23.8. The summed E-state index contributed by atoms with van der Waals surface area (Å²) in [5.74, 6) is -1.76. The number of hydrogen-bond acceptors (Lipinski definition) is 7. The van der Waals surface area contributed by atoms with Crippen LogP contribution in [0, 0.1) is 0 Å². The number of quaternary nitrogens is 1. The summed E-state index contributed by atoms with van der Waals surface area (Å²) in [6, 6.07) is -0.729. The summed E-state index contributed by atoms with van der Waals surface area (Å²) < 4.78 is 17.2. The lowest BCUT2D eigenvalue weighted by Crippen LogP contribution is -2.55. The Balaban J connectivity index is 4.22. The summed E-state index contributed by atoms with van der Waals surface area (Å²) in [4.78, 5) is 36.9. The number of nitrogens with zero attached hydrogens (tertiary/aromatic N) is 1. The Morgan fingerprint density at radius 2 is 0.898 bits per heavy atom. The lowest BCUT2D eigenvalue weighted by molar-refractivity contribution is -0.889. The van der Waals surface area contributed by atoms with Crippen molar-refractivity contribution < 1.29 is 38.2 Å². The van der Waals surface area contributed by atoms with E-state index in [0.717, 1.165) is 89.9 Å². The van der Waals surface area contributed by atoms with Crippen molar-refractivity contribution in [1.29, 1.82) is 0 Å². The maximum absolute atomic E-state index is 12.8. The SMILES string of the molecule is CC/C=C/C/C=C/C/C=C/CCCCCCCCCCCCCCCC(=O)OC(COCCC(C(=O)[O-])[N+](C)(C)C)COC(=O)CCCCCCC/C=C/C/C=C/CC. The van der Waals surface area contributed by atoms with Crippen molar-refractivity contribution in [3.05, 3.63) is 60.8 Å². The molecule has 59 heavy (non-hydrogen) atoms. The lowest BCUT2D eigenvalue weighted by Gasteiger charge is -2.34. The number of unbranched alkanes of at least 4 members (excludes halogenated alkanes) is 18.